The van der Waals surface area contributed by atoms with Crippen LogP contribution in [-0.4, -0.2) is 7.85 Å². The molecule has 0 heterocycles. The van der Waals surface area contributed by atoms with Crippen molar-refractivity contribution in [2.45, 2.75) is 37.4 Å². The summed E-state index contributed by atoms with van der Waals surface area (Å²) >= 11 is 0. The fraction of sp³-hybridized carbons (Fsp3) is 0.250. The van der Waals surface area contributed by atoms with Crippen LogP contribution in [0, 0.1) is 5.82 Å². The van der Waals surface area contributed by atoms with Crippen molar-refractivity contribution in [3.63, 3.8) is 0 Å². The Hall–Kier alpha value is -2.35. The van der Waals surface area contributed by atoms with Crippen molar-refractivity contribution >= 4 is 7.85 Å². The van der Waals surface area contributed by atoms with Crippen LogP contribution >= 0.6 is 0 Å². The van der Waals surface area contributed by atoms with Gasteiger partial charge in [0.25, 0.3) is 0 Å². The lowest BCUT2D eigenvalue weighted by atomic mass is 9.70. The highest BCUT2D eigenvalue weighted by atomic mass is 19.1. The maximum Gasteiger partial charge on any atom is 0.131 e. The Kier molecular flexibility index (Phi) is 4.92. The van der Waals surface area contributed by atoms with Crippen molar-refractivity contribution in [2.24, 2.45) is 0 Å². The summed E-state index contributed by atoms with van der Waals surface area (Å²) in [6, 6.07) is 23.8. The molecule has 4 rings (SSSR count). The van der Waals surface area contributed by atoms with Gasteiger partial charge in [0.05, 0.1) is 7.85 Å². The Morgan fingerprint density at radius 3 is 2.00 bits per heavy atom. The molecule has 0 bridgehead atoms. The van der Waals surface area contributed by atoms with Crippen LogP contribution in [0.5, 0.6) is 0 Å². The Labute approximate surface area is 156 Å². The standard InChI is InChI=1S/C24H22BF/c25-22-13-10-19(11-14-22)18-6-8-20(9-7-18)23-15-12-21(16-24(23)26)17-4-2-1-3-5-17/h1-9,12,15-16,19,22H,10-11,13-14H2. The third-order valence-electron chi connectivity index (χ3n) is 5.54. The van der Waals surface area contributed by atoms with E-state index in [1.807, 2.05) is 54.6 Å². The van der Waals surface area contributed by atoms with Gasteiger partial charge in [0.15, 0.2) is 0 Å². The molecule has 0 aromatic heterocycles. The zero-order valence-corrected chi connectivity index (χ0v) is 14.9. The van der Waals surface area contributed by atoms with Crippen LogP contribution in [0.2, 0.25) is 5.82 Å². The van der Waals surface area contributed by atoms with Crippen molar-refractivity contribution in [1.29, 1.82) is 0 Å². The second-order valence-electron chi connectivity index (χ2n) is 7.29. The van der Waals surface area contributed by atoms with Gasteiger partial charge in [0.2, 0.25) is 0 Å². The average molecular weight is 340 g/mol. The molecule has 3 aromatic rings. The predicted molar refractivity (Wildman–Crippen MR) is 108 cm³/mol. The average Bonchev–Trinajstić information content (AvgIpc) is 2.69. The summed E-state index contributed by atoms with van der Waals surface area (Å²) in [5.74, 6) is 0.777. The minimum Gasteiger partial charge on any atom is -0.206 e. The van der Waals surface area contributed by atoms with Crippen LogP contribution in [0.15, 0.2) is 72.8 Å². The molecule has 1 aliphatic carbocycles. The lowest BCUT2D eigenvalue weighted by molar-refractivity contribution is 0.444. The van der Waals surface area contributed by atoms with Crippen LogP contribution in [0.25, 0.3) is 22.3 Å². The molecule has 1 fully saturated rings. The number of halogens is 1. The van der Waals surface area contributed by atoms with Gasteiger partial charge in [-0.3, -0.25) is 0 Å². The summed E-state index contributed by atoms with van der Waals surface area (Å²) in [6.07, 6.45) is 4.51. The molecule has 2 heteroatoms. The number of benzene rings is 3. The van der Waals surface area contributed by atoms with Gasteiger partial charge < -0.3 is 0 Å². The third-order valence-corrected chi connectivity index (χ3v) is 5.54. The summed E-state index contributed by atoms with van der Waals surface area (Å²) < 4.78 is 14.7. The van der Waals surface area contributed by atoms with Crippen molar-refractivity contribution in [1.82, 2.24) is 0 Å². The Morgan fingerprint density at radius 1 is 0.692 bits per heavy atom. The first-order valence-electron chi connectivity index (χ1n) is 9.41. The monoisotopic (exact) mass is 340 g/mol. The molecule has 128 valence electrons. The minimum atomic E-state index is -0.178. The van der Waals surface area contributed by atoms with Gasteiger partial charge in [-0.05, 0) is 47.1 Å². The van der Waals surface area contributed by atoms with Crippen LogP contribution in [0.4, 0.5) is 4.39 Å². The van der Waals surface area contributed by atoms with Crippen LogP contribution in [0.1, 0.15) is 37.2 Å². The molecule has 0 amide bonds. The van der Waals surface area contributed by atoms with E-state index in [-0.39, 0.29) is 5.82 Å². The molecule has 1 aliphatic rings. The molecule has 0 spiro atoms. The SMILES string of the molecule is [B]C1CCC(c2ccc(-c3ccc(-c4ccccc4)cc3F)cc2)CC1. The fourth-order valence-electron chi connectivity index (χ4n) is 3.95. The van der Waals surface area contributed by atoms with Crippen molar-refractivity contribution < 1.29 is 4.39 Å². The van der Waals surface area contributed by atoms with Gasteiger partial charge in [-0.25, -0.2) is 4.39 Å². The molecule has 1 saturated carbocycles. The van der Waals surface area contributed by atoms with E-state index in [9.17, 15) is 4.39 Å². The molecule has 0 unspecified atom stereocenters. The topological polar surface area (TPSA) is 0 Å². The molecule has 3 aromatic carbocycles. The summed E-state index contributed by atoms with van der Waals surface area (Å²) in [5, 5.41) is 0. The molecule has 0 saturated heterocycles. The molecule has 26 heavy (non-hydrogen) atoms. The fourth-order valence-corrected chi connectivity index (χ4v) is 3.95. The van der Waals surface area contributed by atoms with E-state index in [0.29, 0.717) is 17.3 Å². The second-order valence-corrected chi connectivity index (χ2v) is 7.29. The Balaban J connectivity index is 1.56. The van der Waals surface area contributed by atoms with E-state index in [1.54, 1.807) is 6.07 Å². The normalized spacial score (nSPS) is 20.0. The van der Waals surface area contributed by atoms with Crippen molar-refractivity contribution in [2.75, 3.05) is 0 Å². The first-order chi connectivity index (χ1) is 12.7. The summed E-state index contributed by atoms with van der Waals surface area (Å²) in [4.78, 5) is 0. The molecule has 0 nitrogen and oxygen atoms in total. The van der Waals surface area contributed by atoms with E-state index < -0.39 is 0 Å². The maximum absolute atomic E-state index is 14.7. The number of hydrogen-bond donors (Lipinski definition) is 0. The van der Waals surface area contributed by atoms with E-state index in [2.05, 4.69) is 12.1 Å². The quantitative estimate of drug-likeness (QED) is 0.461. The highest BCUT2D eigenvalue weighted by Gasteiger charge is 2.19. The van der Waals surface area contributed by atoms with E-state index in [4.69, 9.17) is 7.85 Å². The largest absolute Gasteiger partial charge is 0.206 e. The Morgan fingerprint density at radius 2 is 1.35 bits per heavy atom. The van der Waals surface area contributed by atoms with Gasteiger partial charge >= 0.3 is 0 Å². The zero-order valence-electron chi connectivity index (χ0n) is 14.9. The second kappa shape index (κ2) is 7.49. The lowest BCUT2D eigenvalue weighted by Crippen LogP contribution is -2.09. The van der Waals surface area contributed by atoms with Gasteiger partial charge in [-0.15, -0.1) is 0 Å². The van der Waals surface area contributed by atoms with E-state index >= 15 is 0 Å². The summed E-state index contributed by atoms with van der Waals surface area (Å²) in [6.45, 7) is 0. The minimum absolute atomic E-state index is 0.178. The van der Waals surface area contributed by atoms with Gasteiger partial charge in [0.1, 0.15) is 5.82 Å². The van der Waals surface area contributed by atoms with Crippen molar-refractivity contribution in [3.05, 3.63) is 84.2 Å². The van der Waals surface area contributed by atoms with E-state index in [0.717, 1.165) is 42.4 Å². The molecule has 2 radical (unpaired) electrons. The number of rotatable bonds is 3. The van der Waals surface area contributed by atoms with Crippen LogP contribution in [-0.2, 0) is 0 Å². The molecule has 0 N–H and O–H groups in total. The molecular formula is C24H22BF. The van der Waals surface area contributed by atoms with Crippen LogP contribution in [0.3, 0.4) is 0 Å². The smallest absolute Gasteiger partial charge is 0.131 e. The van der Waals surface area contributed by atoms with Gasteiger partial charge in [-0.2, -0.15) is 0 Å². The highest BCUT2D eigenvalue weighted by molar-refractivity contribution is 6.11. The molecule has 0 atom stereocenters. The third kappa shape index (κ3) is 3.60. The number of hydrogen-bond acceptors (Lipinski definition) is 0. The highest BCUT2D eigenvalue weighted by Crippen LogP contribution is 2.38. The summed E-state index contributed by atoms with van der Waals surface area (Å²) in [7, 11) is 6.00. The van der Waals surface area contributed by atoms with Crippen molar-refractivity contribution in [3.8, 4) is 22.3 Å². The van der Waals surface area contributed by atoms with Gasteiger partial charge in [-0.1, -0.05) is 85.4 Å². The summed E-state index contributed by atoms with van der Waals surface area (Å²) in [5.41, 5.74) is 4.87. The van der Waals surface area contributed by atoms with E-state index in [1.165, 1.54) is 5.56 Å². The van der Waals surface area contributed by atoms with Gasteiger partial charge in [0, 0.05) is 5.56 Å². The molecular weight excluding hydrogens is 318 g/mol. The molecule has 0 aliphatic heterocycles. The van der Waals surface area contributed by atoms with Crippen LogP contribution < -0.4 is 0 Å². The first-order valence-corrected chi connectivity index (χ1v) is 9.41. The predicted octanol–water partition coefficient (Wildman–Crippen LogP) is 6.77. The maximum atomic E-state index is 14.7. The Bertz CT molecular complexity index is 862. The first kappa shape index (κ1) is 17.1. The lowest BCUT2D eigenvalue weighted by Gasteiger charge is -2.26. The zero-order chi connectivity index (χ0) is 17.9.